The standard InChI is InChI=1S/C15H18N2S/c18-15(16-13-4-2-1-3-5-13)17-14-10-11-6-8-12(14)9-7-11/h1-6,8,11-12,14H,7,9-10H2,(H2,16,17,18)/t11-,12-,14+/m0/s1. The number of allylic oxidation sites excluding steroid dienone is 1. The second-order valence-corrected chi connectivity index (χ2v) is 5.60. The lowest BCUT2D eigenvalue weighted by molar-refractivity contribution is 0.268. The zero-order valence-corrected chi connectivity index (χ0v) is 11.1. The van der Waals surface area contributed by atoms with E-state index >= 15 is 0 Å². The van der Waals surface area contributed by atoms with E-state index in [2.05, 4.69) is 22.8 Å². The Morgan fingerprint density at radius 2 is 1.94 bits per heavy atom. The molecule has 1 fully saturated rings. The summed E-state index contributed by atoms with van der Waals surface area (Å²) in [5.74, 6) is 1.41. The third-order valence-electron chi connectivity index (χ3n) is 3.92. The van der Waals surface area contributed by atoms with Crippen LogP contribution < -0.4 is 10.6 Å². The molecule has 0 radical (unpaired) electrons. The fraction of sp³-hybridized carbons (Fsp3) is 0.400. The summed E-state index contributed by atoms with van der Waals surface area (Å²) in [6.45, 7) is 0. The maximum absolute atomic E-state index is 5.39. The molecule has 18 heavy (non-hydrogen) atoms. The topological polar surface area (TPSA) is 24.1 Å². The third kappa shape index (κ3) is 2.56. The van der Waals surface area contributed by atoms with Crippen LogP contribution in [0.3, 0.4) is 0 Å². The minimum absolute atomic E-state index is 0.512. The van der Waals surface area contributed by atoms with Gasteiger partial charge in [-0.25, -0.2) is 0 Å². The van der Waals surface area contributed by atoms with Gasteiger partial charge < -0.3 is 10.6 Å². The number of anilines is 1. The van der Waals surface area contributed by atoms with Crippen LogP contribution in [0.1, 0.15) is 19.3 Å². The summed E-state index contributed by atoms with van der Waals surface area (Å²) < 4.78 is 0. The normalized spacial score (nSPS) is 29.0. The van der Waals surface area contributed by atoms with Crippen LogP contribution in [0.5, 0.6) is 0 Å². The summed E-state index contributed by atoms with van der Waals surface area (Å²) in [5, 5.41) is 7.46. The van der Waals surface area contributed by atoms with E-state index in [0.29, 0.717) is 12.0 Å². The predicted molar refractivity (Wildman–Crippen MR) is 79.6 cm³/mol. The van der Waals surface area contributed by atoms with Crippen molar-refractivity contribution in [2.45, 2.75) is 25.3 Å². The molecule has 0 unspecified atom stereocenters. The summed E-state index contributed by atoms with van der Waals surface area (Å²) in [6.07, 6.45) is 8.60. The predicted octanol–water partition coefficient (Wildman–Crippen LogP) is 3.33. The van der Waals surface area contributed by atoms with Crippen LogP contribution in [-0.2, 0) is 0 Å². The summed E-state index contributed by atoms with van der Waals surface area (Å²) in [6, 6.07) is 10.6. The zero-order valence-electron chi connectivity index (χ0n) is 10.3. The van der Waals surface area contributed by atoms with Crippen LogP contribution >= 0.6 is 12.2 Å². The van der Waals surface area contributed by atoms with Crippen molar-refractivity contribution in [2.75, 3.05) is 5.32 Å². The third-order valence-corrected chi connectivity index (χ3v) is 4.14. The Morgan fingerprint density at radius 1 is 1.11 bits per heavy atom. The molecule has 0 amide bonds. The Hall–Kier alpha value is -1.35. The van der Waals surface area contributed by atoms with Crippen molar-refractivity contribution in [1.82, 2.24) is 5.32 Å². The number of thiocarbonyl (C=S) groups is 1. The number of nitrogens with one attached hydrogen (secondary N) is 2. The van der Waals surface area contributed by atoms with Crippen LogP contribution in [-0.4, -0.2) is 11.2 Å². The molecule has 2 bridgehead atoms. The summed E-state index contributed by atoms with van der Waals surface area (Å²) >= 11 is 5.39. The van der Waals surface area contributed by atoms with E-state index in [0.717, 1.165) is 16.7 Å². The van der Waals surface area contributed by atoms with E-state index in [1.54, 1.807) is 0 Å². The second kappa shape index (κ2) is 5.11. The molecule has 0 saturated heterocycles. The average Bonchev–Trinajstić information content (AvgIpc) is 2.41. The minimum atomic E-state index is 0.512. The van der Waals surface area contributed by atoms with Crippen molar-refractivity contribution in [3.63, 3.8) is 0 Å². The maximum atomic E-state index is 5.39. The minimum Gasteiger partial charge on any atom is -0.359 e. The van der Waals surface area contributed by atoms with E-state index in [4.69, 9.17) is 12.2 Å². The van der Waals surface area contributed by atoms with Crippen LogP contribution in [0.25, 0.3) is 0 Å². The van der Waals surface area contributed by atoms with E-state index in [1.165, 1.54) is 19.3 Å². The lowest BCUT2D eigenvalue weighted by Gasteiger charge is -2.38. The van der Waals surface area contributed by atoms with Gasteiger partial charge in [-0.1, -0.05) is 30.4 Å². The van der Waals surface area contributed by atoms with Crippen LogP contribution in [0, 0.1) is 11.8 Å². The van der Waals surface area contributed by atoms with Crippen molar-refractivity contribution in [3.8, 4) is 0 Å². The molecule has 2 N–H and O–H groups in total. The van der Waals surface area contributed by atoms with Gasteiger partial charge in [0.2, 0.25) is 0 Å². The molecular formula is C15H18N2S. The van der Waals surface area contributed by atoms with Gasteiger partial charge in [-0.2, -0.15) is 0 Å². The largest absolute Gasteiger partial charge is 0.359 e. The summed E-state index contributed by atoms with van der Waals surface area (Å²) in [7, 11) is 0. The Bertz CT molecular complexity index is 455. The van der Waals surface area contributed by atoms with Gasteiger partial charge in [-0.15, -0.1) is 0 Å². The molecule has 3 aliphatic rings. The molecular weight excluding hydrogens is 240 g/mol. The highest BCUT2D eigenvalue weighted by Gasteiger charge is 2.31. The first kappa shape index (κ1) is 11.7. The van der Waals surface area contributed by atoms with Crippen molar-refractivity contribution in [2.24, 2.45) is 11.8 Å². The van der Waals surface area contributed by atoms with Gasteiger partial charge in [-0.05, 0) is 55.4 Å². The summed E-state index contributed by atoms with van der Waals surface area (Å²) in [5.41, 5.74) is 1.05. The molecule has 3 atom stereocenters. The van der Waals surface area contributed by atoms with Crippen molar-refractivity contribution in [3.05, 3.63) is 42.5 Å². The van der Waals surface area contributed by atoms with Gasteiger partial charge in [0.1, 0.15) is 0 Å². The molecule has 1 aromatic carbocycles. The van der Waals surface area contributed by atoms with E-state index in [-0.39, 0.29) is 0 Å². The van der Waals surface area contributed by atoms with Gasteiger partial charge in [0.15, 0.2) is 5.11 Å². The quantitative estimate of drug-likeness (QED) is 0.628. The molecule has 3 aliphatic carbocycles. The number of para-hydroxylation sites is 1. The molecule has 0 aromatic heterocycles. The molecule has 4 rings (SSSR count). The van der Waals surface area contributed by atoms with Gasteiger partial charge >= 0.3 is 0 Å². The first-order valence-corrected chi connectivity index (χ1v) is 7.03. The fourth-order valence-electron chi connectivity index (χ4n) is 2.95. The zero-order chi connectivity index (χ0) is 12.4. The van der Waals surface area contributed by atoms with Gasteiger partial charge in [0.05, 0.1) is 0 Å². The lowest BCUT2D eigenvalue weighted by atomic mass is 9.73. The number of rotatable bonds is 2. The highest BCUT2D eigenvalue weighted by Crippen LogP contribution is 2.36. The van der Waals surface area contributed by atoms with Gasteiger partial charge in [0, 0.05) is 11.7 Å². The molecule has 1 saturated carbocycles. The molecule has 2 nitrogen and oxygen atoms in total. The van der Waals surface area contributed by atoms with Gasteiger partial charge in [-0.3, -0.25) is 0 Å². The van der Waals surface area contributed by atoms with Crippen molar-refractivity contribution < 1.29 is 0 Å². The van der Waals surface area contributed by atoms with Crippen LogP contribution in [0.15, 0.2) is 42.5 Å². The molecule has 1 aromatic rings. The van der Waals surface area contributed by atoms with E-state index in [1.807, 2.05) is 30.3 Å². The van der Waals surface area contributed by atoms with Crippen LogP contribution in [0.2, 0.25) is 0 Å². The maximum Gasteiger partial charge on any atom is 0.171 e. The molecule has 94 valence electrons. The first-order chi connectivity index (χ1) is 8.81. The Kier molecular flexibility index (Phi) is 3.33. The smallest absolute Gasteiger partial charge is 0.171 e. The number of fused-ring (bicyclic) bond motifs is 2. The highest BCUT2D eigenvalue weighted by molar-refractivity contribution is 7.80. The Morgan fingerprint density at radius 3 is 2.56 bits per heavy atom. The average molecular weight is 258 g/mol. The number of hydrogen-bond donors (Lipinski definition) is 2. The van der Waals surface area contributed by atoms with Gasteiger partial charge in [0.25, 0.3) is 0 Å². The second-order valence-electron chi connectivity index (χ2n) is 5.19. The molecule has 0 spiro atoms. The number of benzene rings is 1. The summed E-state index contributed by atoms with van der Waals surface area (Å²) in [4.78, 5) is 0. The molecule has 0 aliphatic heterocycles. The molecule has 0 heterocycles. The Labute approximate surface area is 113 Å². The van der Waals surface area contributed by atoms with Crippen molar-refractivity contribution in [1.29, 1.82) is 0 Å². The first-order valence-electron chi connectivity index (χ1n) is 6.62. The monoisotopic (exact) mass is 258 g/mol. The SMILES string of the molecule is S=C(Nc1ccccc1)N[C@@H]1C[C@H]2C=C[C@H]1CC2. The van der Waals surface area contributed by atoms with Crippen LogP contribution in [0.4, 0.5) is 5.69 Å². The van der Waals surface area contributed by atoms with E-state index < -0.39 is 0 Å². The number of hydrogen-bond acceptors (Lipinski definition) is 1. The Balaban J connectivity index is 1.57. The lowest BCUT2D eigenvalue weighted by Crippen LogP contribution is -2.46. The fourth-order valence-corrected chi connectivity index (χ4v) is 3.22. The van der Waals surface area contributed by atoms with E-state index in [9.17, 15) is 0 Å². The molecule has 3 heteroatoms. The highest BCUT2D eigenvalue weighted by atomic mass is 32.1. The van der Waals surface area contributed by atoms with Crippen molar-refractivity contribution >= 4 is 23.0 Å².